The number of rotatable bonds is 5. The van der Waals surface area contributed by atoms with E-state index in [1.54, 1.807) is 19.3 Å². The van der Waals surface area contributed by atoms with Crippen LogP contribution in [0.5, 0.6) is 0 Å². The first-order chi connectivity index (χ1) is 7.27. The number of unbranched alkanes of at least 4 members (excludes halogenated alkanes) is 1. The molecule has 0 radical (unpaired) electrons. The van der Waals surface area contributed by atoms with Crippen molar-refractivity contribution >= 4 is 11.6 Å². The van der Waals surface area contributed by atoms with Gasteiger partial charge in [0.25, 0.3) is 5.91 Å². The number of carbonyl (C=O) groups excluding carboxylic acids is 1. The highest BCUT2D eigenvalue weighted by atomic mass is 16.1. The fourth-order valence-corrected chi connectivity index (χ4v) is 1.20. The predicted molar refractivity (Wildman–Crippen MR) is 61.0 cm³/mol. The highest BCUT2D eigenvalue weighted by Crippen LogP contribution is 2.07. The minimum Gasteiger partial charge on any atom is -0.385 e. The summed E-state index contributed by atoms with van der Waals surface area (Å²) < 4.78 is 0. The van der Waals surface area contributed by atoms with Gasteiger partial charge in [0, 0.05) is 25.5 Å². The molecule has 0 fully saturated rings. The summed E-state index contributed by atoms with van der Waals surface area (Å²) in [6, 6.07) is 3.62. The van der Waals surface area contributed by atoms with Crippen LogP contribution in [0.4, 0.5) is 5.69 Å². The minimum absolute atomic E-state index is 0.158. The van der Waals surface area contributed by atoms with Gasteiger partial charge >= 0.3 is 0 Å². The standard InChI is InChI=1S/C11H17N3O/c1-3-4-6-13-9-5-7-14-10(8-9)11(15)12-2/h5,7-8H,3-4,6H2,1-2H3,(H,12,15)(H,13,14). The summed E-state index contributed by atoms with van der Waals surface area (Å²) in [5, 5.41) is 5.79. The molecule has 0 bridgehead atoms. The van der Waals surface area contributed by atoms with Gasteiger partial charge in [-0.15, -0.1) is 0 Å². The van der Waals surface area contributed by atoms with Crippen LogP contribution in [0.2, 0.25) is 0 Å². The van der Waals surface area contributed by atoms with E-state index < -0.39 is 0 Å². The Hall–Kier alpha value is -1.58. The molecule has 0 spiro atoms. The van der Waals surface area contributed by atoms with Crippen molar-refractivity contribution in [1.82, 2.24) is 10.3 Å². The zero-order valence-electron chi connectivity index (χ0n) is 9.21. The van der Waals surface area contributed by atoms with Crippen molar-refractivity contribution < 1.29 is 4.79 Å². The average molecular weight is 207 g/mol. The molecule has 2 N–H and O–H groups in total. The summed E-state index contributed by atoms with van der Waals surface area (Å²) in [5.41, 5.74) is 1.39. The summed E-state index contributed by atoms with van der Waals surface area (Å²) in [7, 11) is 1.60. The molecule has 0 aliphatic carbocycles. The molecule has 1 heterocycles. The minimum atomic E-state index is -0.158. The van der Waals surface area contributed by atoms with E-state index in [0.717, 1.165) is 25.1 Å². The van der Waals surface area contributed by atoms with Crippen molar-refractivity contribution in [1.29, 1.82) is 0 Å². The van der Waals surface area contributed by atoms with Gasteiger partial charge in [0.15, 0.2) is 0 Å². The molecule has 0 aliphatic heterocycles. The second-order valence-corrected chi connectivity index (χ2v) is 3.29. The zero-order chi connectivity index (χ0) is 11.1. The van der Waals surface area contributed by atoms with Crippen molar-refractivity contribution in [2.75, 3.05) is 18.9 Å². The number of hydrogen-bond acceptors (Lipinski definition) is 3. The number of nitrogens with one attached hydrogen (secondary N) is 2. The zero-order valence-corrected chi connectivity index (χ0v) is 9.21. The van der Waals surface area contributed by atoms with Crippen LogP contribution in [0.3, 0.4) is 0 Å². The third-order valence-corrected chi connectivity index (χ3v) is 2.08. The lowest BCUT2D eigenvalue weighted by Crippen LogP contribution is -2.19. The molecule has 15 heavy (non-hydrogen) atoms. The third-order valence-electron chi connectivity index (χ3n) is 2.08. The largest absolute Gasteiger partial charge is 0.385 e. The van der Waals surface area contributed by atoms with Crippen LogP contribution in [0.25, 0.3) is 0 Å². The van der Waals surface area contributed by atoms with Crippen molar-refractivity contribution in [3.8, 4) is 0 Å². The molecule has 1 aromatic rings. The van der Waals surface area contributed by atoms with Gasteiger partial charge in [-0.1, -0.05) is 13.3 Å². The van der Waals surface area contributed by atoms with Gasteiger partial charge in [-0.3, -0.25) is 9.78 Å². The van der Waals surface area contributed by atoms with Gasteiger partial charge in [-0.2, -0.15) is 0 Å². The Kier molecular flexibility index (Phi) is 4.60. The second kappa shape index (κ2) is 6.01. The fraction of sp³-hybridized carbons (Fsp3) is 0.455. The van der Waals surface area contributed by atoms with Gasteiger partial charge < -0.3 is 10.6 Å². The first kappa shape index (κ1) is 11.5. The molecule has 0 aliphatic rings. The summed E-state index contributed by atoms with van der Waals surface area (Å²) in [5.74, 6) is -0.158. The van der Waals surface area contributed by atoms with E-state index in [-0.39, 0.29) is 5.91 Å². The van der Waals surface area contributed by atoms with Crippen molar-refractivity contribution in [2.24, 2.45) is 0 Å². The number of amides is 1. The molecule has 0 saturated heterocycles. The first-order valence-corrected chi connectivity index (χ1v) is 5.20. The molecule has 0 aromatic carbocycles. The van der Waals surface area contributed by atoms with Crippen LogP contribution in [-0.2, 0) is 0 Å². The summed E-state index contributed by atoms with van der Waals surface area (Å²) >= 11 is 0. The maximum atomic E-state index is 11.3. The van der Waals surface area contributed by atoms with Gasteiger partial charge in [-0.05, 0) is 18.6 Å². The van der Waals surface area contributed by atoms with E-state index in [0.29, 0.717) is 5.69 Å². The first-order valence-electron chi connectivity index (χ1n) is 5.20. The molecule has 4 heteroatoms. The summed E-state index contributed by atoms with van der Waals surface area (Å²) in [6.45, 7) is 3.07. The maximum Gasteiger partial charge on any atom is 0.269 e. The Bertz CT molecular complexity index is 325. The molecule has 1 amide bonds. The van der Waals surface area contributed by atoms with Crippen molar-refractivity contribution in [3.63, 3.8) is 0 Å². The van der Waals surface area contributed by atoms with E-state index in [9.17, 15) is 4.79 Å². The molecular weight excluding hydrogens is 190 g/mol. The maximum absolute atomic E-state index is 11.3. The number of nitrogens with zero attached hydrogens (tertiary/aromatic N) is 1. The monoisotopic (exact) mass is 207 g/mol. The predicted octanol–water partition coefficient (Wildman–Crippen LogP) is 1.65. The molecule has 4 nitrogen and oxygen atoms in total. The van der Waals surface area contributed by atoms with Crippen LogP contribution in [-0.4, -0.2) is 24.5 Å². The molecule has 82 valence electrons. The smallest absolute Gasteiger partial charge is 0.269 e. The molecule has 0 saturated carbocycles. The Morgan fingerprint density at radius 1 is 1.53 bits per heavy atom. The Balaban J connectivity index is 2.62. The number of anilines is 1. The molecule has 0 atom stereocenters. The number of pyridine rings is 1. The number of aromatic nitrogens is 1. The quantitative estimate of drug-likeness (QED) is 0.722. The molecule has 1 rings (SSSR count). The second-order valence-electron chi connectivity index (χ2n) is 3.29. The van der Waals surface area contributed by atoms with E-state index in [2.05, 4.69) is 22.5 Å². The molecular formula is C11H17N3O. The van der Waals surface area contributed by atoms with Crippen LogP contribution in [0.1, 0.15) is 30.3 Å². The van der Waals surface area contributed by atoms with Gasteiger partial charge in [0.2, 0.25) is 0 Å². The lowest BCUT2D eigenvalue weighted by molar-refractivity contribution is 0.0958. The normalized spacial score (nSPS) is 9.73. The van der Waals surface area contributed by atoms with E-state index >= 15 is 0 Å². The Morgan fingerprint density at radius 3 is 3.00 bits per heavy atom. The summed E-state index contributed by atoms with van der Waals surface area (Å²) in [6.07, 6.45) is 3.91. The number of hydrogen-bond donors (Lipinski definition) is 2. The lowest BCUT2D eigenvalue weighted by Gasteiger charge is -2.06. The fourth-order valence-electron chi connectivity index (χ4n) is 1.20. The van der Waals surface area contributed by atoms with Crippen LogP contribution >= 0.6 is 0 Å². The van der Waals surface area contributed by atoms with E-state index in [1.165, 1.54) is 0 Å². The van der Waals surface area contributed by atoms with Crippen molar-refractivity contribution in [3.05, 3.63) is 24.0 Å². The highest BCUT2D eigenvalue weighted by molar-refractivity contribution is 5.92. The Labute approximate surface area is 90.1 Å². The van der Waals surface area contributed by atoms with Gasteiger partial charge in [0.05, 0.1) is 0 Å². The van der Waals surface area contributed by atoms with Gasteiger partial charge in [-0.25, -0.2) is 0 Å². The van der Waals surface area contributed by atoms with Gasteiger partial charge in [0.1, 0.15) is 5.69 Å². The molecule has 0 unspecified atom stereocenters. The lowest BCUT2D eigenvalue weighted by atomic mass is 10.3. The van der Waals surface area contributed by atoms with Crippen LogP contribution in [0, 0.1) is 0 Å². The Morgan fingerprint density at radius 2 is 2.33 bits per heavy atom. The van der Waals surface area contributed by atoms with Crippen LogP contribution < -0.4 is 10.6 Å². The van der Waals surface area contributed by atoms with Crippen LogP contribution in [0.15, 0.2) is 18.3 Å². The van der Waals surface area contributed by atoms with E-state index in [4.69, 9.17) is 0 Å². The number of carbonyl (C=O) groups is 1. The molecule has 1 aromatic heterocycles. The SMILES string of the molecule is CCCCNc1ccnc(C(=O)NC)c1. The highest BCUT2D eigenvalue weighted by Gasteiger charge is 2.04. The topological polar surface area (TPSA) is 54.0 Å². The van der Waals surface area contributed by atoms with Crippen molar-refractivity contribution in [2.45, 2.75) is 19.8 Å². The average Bonchev–Trinajstić information content (AvgIpc) is 2.29. The van der Waals surface area contributed by atoms with E-state index in [1.807, 2.05) is 6.07 Å². The summed E-state index contributed by atoms with van der Waals surface area (Å²) in [4.78, 5) is 15.3. The third kappa shape index (κ3) is 3.58.